The van der Waals surface area contributed by atoms with Gasteiger partial charge in [-0.2, -0.15) is 0 Å². The second kappa shape index (κ2) is 13.2. The number of Topliss-reactive ketones (excluding diaryl/α,β-unsaturated/α-hetero) is 1. The average Bonchev–Trinajstić information content (AvgIpc) is 3.60. The largest absolute Gasteiger partial charge is 0.469 e. The molecule has 0 spiro atoms. The molecule has 44 heavy (non-hydrogen) atoms. The van der Waals surface area contributed by atoms with Crippen molar-refractivity contribution in [3.05, 3.63) is 11.9 Å². The summed E-state index contributed by atoms with van der Waals surface area (Å²) in [6.45, 7) is 12.9. The van der Waals surface area contributed by atoms with Gasteiger partial charge < -0.3 is 9.47 Å². The molecule has 0 saturated heterocycles. The number of nitrogens with zero attached hydrogens (tertiary/aromatic N) is 3. The van der Waals surface area contributed by atoms with E-state index in [-0.39, 0.29) is 58.8 Å². The van der Waals surface area contributed by atoms with Crippen molar-refractivity contribution in [2.45, 2.75) is 137 Å². The van der Waals surface area contributed by atoms with E-state index in [2.05, 4.69) is 45.9 Å². The number of methoxy groups -OCH3 is 1. The summed E-state index contributed by atoms with van der Waals surface area (Å²) in [6.07, 6.45) is 14.5. The molecular weight excluding hydrogens is 554 g/mol. The third-order valence-electron chi connectivity index (χ3n) is 13.0. The van der Waals surface area contributed by atoms with E-state index in [0.29, 0.717) is 24.7 Å². The van der Waals surface area contributed by atoms with E-state index in [4.69, 9.17) is 14.7 Å². The number of ether oxygens (including phenoxy) is 2. The molecule has 4 fully saturated rings. The van der Waals surface area contributed by atoms with E-state index >= 15 is 4.79 Å². The van der Waals surface area contributed by atoms with Crippen molar-refractivity contribution in [2.24, 2.45) is 52.3 Å². The first-order valence-electron chi connectivity index (χ1n) is 17.6. The Hall–Kier alpha value is -2.25. The summed E-state index contributed by atoms with van der Waals surface area (Å²) in [5.74, 6) is 1.42. The van der Waals surface area contributed by atoms with Gasteiger partial charge in [0.1, 0.15) is 12.1 Å². The molecular formula is C36H57N3O5. The van der Waals surface area contributed by atoms with Gasteiger partial charge in [-0.1, -0.05) is 65.5 Å². The molecule has 8 heteroatoms. The van der Waals surface area contributed by atoms with Crippen molar-refractivity contribution in [3.63, 3.8) is 0 Å². The number of ketones is 1. The van der Waals surface area contributed by atoms with E-state index in [1.54, 1.807) is 0 Å². The highest BCUT2D eigenvalue weighted by Gasteiger charge is 2.70. The van der Waals surface area contributed by atoms with E-state index in [9.17, 15) is 9.59 Å². The SMILES string of the molecule is CCCCCCc1cn([C@@H]2C(=O)[C@@]3(C)C(CCC3[C@H](C)CCC(=O)OC)C3C2[C@@]2(C)CC[C@@H](C)C[C@H]2C[C@H]3OC(C)=O)nn1. The Morgan fingerprint density at radius 3 is 2.61 bits per heavy atom. The first kappa shape index (κ1) is 33.1. The standard InChI is InChI=1S/C36H57N3O5/c1-8-9-10-11-12-26-21-39(38-37-26)33-32-31(29(44-24(4)40)20-25-19-22(2)17-18-35(25,32)5)28-15-14-27(36(28,6)34(33)42)23(3)13-16-30(41)43-7/h21-23,25,27-29,31-33H,8-20H2,1-7H3/t22-,23-,25+,27?,28?,29-,31?,32?,33+,35+,36-/m1/s1. The summed E-state index contributed by atoms with van der Waals surface area (Å²) in [4.78, 5) is 40.0. The predicted octanol–water partition coefficient (Wildman–Crippen LogP) is 7.16. The molecule has 4 aliphatic carbocycles. The van der Waals surface area contributed by atoms with E-state index in [0.717, 1.165) is 57.1 Å². The maximum absolute atomic E-state index is 15.3. The fourth-order valence-electron chi connectivity index (χ4n) is 10.7. The highest BCUT2D eigenvalue weighted by molar-refractivity contribution is 5.90. The molecule has 4 unspecified atom stereocenters. The Kier molecular flexibility index (Phi) is 9.96. The number of rotatable bonds is 11. The minimum absolute atomic E-state index is 0.0300. The molecule has 0 aromatic carbocycles. The average molecular weight is 612 g/mol. The van der Waals surface area contributed by atoms with Crippen LogP contribution >= 0.6 is 0 Å². The molecule has 1 heterocycles. The molecule has 11 atom stereocenters. The zero-order valence-corrected chi connectivity index (χ0v) is 28.3. The van der Waals surface area contributed by atoms with E-state index in [1.165, 1.54) is 33.3 Å². The number of hydrogen-bond donors (Lipinski definition) is 0. The van der Waals surface area contributed by atoms with Crippen molar-refractivity contribution < 1.29 is 23.9 Å². The second-order valence-electron chi connectivity index (χ2n) is 15.5. The van der Waals surface area contributed by atoms with Gasteiger partial charge in [0.25, 0.3) is 0 Å². The van der Waals surface area contributed by atoms with Gasteiger partial charge in [0.15, 0.2) is 5.78 Å². The molecule has 0 amide bonds. The van der Waals surface area contributed by atoms with Gasteiger partial charge in [0.05, 0.1) is 12.8 Å². The maximum Gasteiger partial charge on any atom is 0.305 e. The quantitative estimate of drug-likeness (QED) is 0.193. The number of unbranched alkanes of at least 4 members (excludes halogenated alkanes) is 3. The summed E-state index contributed by atoms with van der Waals surface area (Å²) in [5.41, 5.74) is 0.314. The monoisotopic (exact) mass is 611 g/mol. The molecule has 0 bridgehead atoms. The Balaban J connectivity index is 1.58. The van der Waals surface area contributed by atoms with Gasteiger partial charge >= 0.3 is 11.9 Å². The number of carbonyl (C=O) groups excluding carboxylic acids is 3. The lowest BCUT2D eigenvalue weighted by molar-refractivity contribution is -0.203. The maximum atomic E-state index is 15.3. The molecule has 4 saturated carbocycles. The summed E-state index contributed by atoms with van der Waals surface area (Å²) in [5, 5.41) is 9.32. The van der Waals surface area contributed by atoms with E-state index in [1.807, 2.05) is 4.68 Å². The number of fused-ring (bicyclic) bond motifs is 5. The van der Waals surface area contributed by atoms with Crippen LogP contribution in [-0.4, -0.2) is 45.9 Å². The van der Waals surface area contributed by atoms with Crippen molar-refractivity contribution in [1.82, 2.24) is 15.0 Å². The van der Waals surface area contributed by atoms with Gasteiger partial charge in [0, 0.05) is 36.8 Å². The number of aryl methyl sites for hydroxylation is 1. The Labute approximate surface area is 264 Å². The molecule has 0 N–H and O–H groups in total. The molecule has 5 rings (SSSR count). The van der Waals surface area contributed by atoms with Crippen LogP contribution in [-0.2, 0) is 30.3 Å². The van der Waals surface area contributed by atoms with Crippen LogP contribution in [0.15, 0.2) is 6.20 Å². The second-order valence-corrected chi connectivity index (χ2v) is 15.5. The van der Waals surface area contributed by atoms with Gasteiger partial charge in [-0.25, -0.2) is 4.68 Å². The van der Waals surface area contributed by atoms with Gasteiger partial charge in [-0.3, -0.25) is 14.4 Å². The van der Waals surface area contributed by atoms with Crippen molar-refractivity contribution >= 4 is 17.7 Å². The highest BCUT2D eigenvalue weighted by Crippen LogP contribution is 2.70. The predicted molar refractivity (Wildman–Crippen MR) is 168 cm³/mol. The smallest absolute Gasteiger partial charge is 0.305 e. The molecule has 1 aromatic heterocycles. The summed E-state index contributed by atoms with van der Waals surface area (Å²) in [7, 11) is 1.43. The Morgan fingerprint density at radius 1 is 1.14 bits per heavy atom. The third kappa shape index (κ3) is 5.88. The van der Waals surface area contributed by atoms with Crippen molar-refractivity contribution in [2.75, 3.05) is 7.11 Å². The molecule has 4 aliphatic rings. The van der Waals surface area contributed by atoms with Crippen molar-refractivity contribution in [3.8, 4) is 0 Å². The highest BCUT2D eigenvalue weighted by atomic mass is 16.5. The summed E-state index contributed by atoms with van der Waals surface area (Å²) >= 11 is 0. The topological polar surface area (TPSA) is 100 Å². The normalized spacial score (nSPS) is 38.8. The van der Waals surface area contributed by atoms with Crippen LogP contribution in [0.1, 0.15) is 130 Å². The lowest BCUT2D eigenvalue weighted by Gasteiger charge is -2.64. The molecule has 0 aliphatic heterocycles. The first-order chi connectivity index (χ1) is 20.9. The van der Waals surface area contributed by atoms with Crippen LogP contribution < -0.4 is 0 Å². The minimum atomic E-state index is -0.599. The summed E-state index contributed by atoms with van der Waals surface area (Å²) in [6, 6.07) is -0.439. The number of aromatic nitrogens is 3. The zero-order chi connectivity index (χ0) is 31.8. The van der Waals surface area contributed by atoms with Gasteiger partial charge in [-0.15, -0.1) is 5.10 Å². The number of carbonyl (C=O) groups is 3. The fourth-order valence-corrected chi connectivity index (χ4v) is 10.7. The lowest BCUT2D eigenvalue weighted by Crippen LogP contribution is -2.65. The van der Waals surface area contributed by atoms with Crippen LogP contribution in [0.2, 0.25) is 0 Å². The van der Waals surface area contributed by atoms with Crippen LogP contribution in [0.3, 0.4) is 0 Å². The fraction of sp³-hybridized carbons (Fsp3) is 0.861. The van der Waals surface area contributed by atoms with Crippen LogP contribution in [0.5, 0.6) is 0 Å². The van der Waals surface area contributed by atoms with Crippen LogP contribution in [0, 0.1) is 52.3 Å². The van der Waals surface area contributed by atoms with Gasteiger partial charge in [0.2, 0.25) is 0 Å². The number of hydrogen-bond acceptors (Lipinski definition) is 7. The van der Waals surface area contributed by atoms with Crippen molar-refractivity contribution in [1.29, 1.82) is 0 Å². The molecule has 0 radical (unpaired) electrons. The molecule has 246 valence electrons. The van der Waals surface area contributed by atoms with Crippen LogP contribution in [0.25, 0.3) is 0 Å². The van der Waals surface area contributed by atoms with Crippen LogP contribution in [0.4, 0.5) is 0 Å². The zero-order valence-electron chi connectivity index (χ0n) is 28.3. The minimum Gasteiger partial charge on any atom is -0.469 e. The molecule has 1 aromatic rings. The number of esters is 2. The Morgan fingerprint density at radius 2 is 1.91 bits per heavy atom. The summed E-state index contributed by atoms with van der Waals surface area (Å²) < 4.78 is 13.2. The molecule has 8 nitrogen and oxygen atoms in total. The Bertz CT molecular complexity index is 1200. The van der Waals surface area contributed by atoms with Gasteiger partial charge in [-0.05, 0) is 86.4 Å². The first-order valence-corrected chi connectivity index (χ1v) is 17.6. The van der Waals surface area contributed by atoms with E-state index < -0.39 is 11.5 Å². The lowest BCUT2D eigenvalue weighted by atomic mass is 9.41. The third-order valence-corrected chi connectivity index (χ3v) is 13.0.